The van der Waals surface area contributed by atoms with E-state index in [2.05, 4.69) is 0 Å². The van der Waals surface area contributed by atoms with Gasteiger partial charge in [-0.05, 0) is 19.1 Å². The molecule has 0 aromatic heterocycles. The molecule has 0 saturated carbocycles. The summed E-state index contributed by atoms with van der Waals surface area (Å²) < 4.78 is 10.5. The first-order chi connectivity index (χ1) is 7.19. The van der Waals surface area contributed by atoms with Crippen LogP contribution in [0.15, 0.2) is 18.2 Å². The Morgan fingerprint density at radius 3 is 2.87 bits per heavy atom. The molecule has 0 N–H and O–H groups in total. The molecule has 1 aromatic rings. The average molecular weight is 229 g/mol. The third kappa shape index (κ3) is 3.22. The van der Waals surface area contributed by atoms with Crippen molar-refractivity contribution < 1.29 is 14.3 Å². The first kappa shape index (κ1) is 12.0. The van der Waals surface area contributed by atoms with Crippen molar-refractivity contribution in [3.63, 3.8) is 0 Å². The summed E-state index contributed by atoms with van der Waals surface area (Å²) in [5.74, 6) is 0.488. The lowest BCUT2D eigenvalue weighted by atomic mass is 10.2. The van der Waals surface area contributed by atoms with Crippen LogP contribution < -0.4 is 4.74 Å². The molecule has 1 atom stereocenters. The molecule has 1 rings (SSSR count). The van der Waals surface area contributed by atoms with Gasteiger partial charge in [-0.25, -0.2) is 0 Å². The van der Waals surface area contributed by atoms with E-state index in [1.54, 1.807) is 25.3 Å². The van der Waals surface area contributed by atoms with Gasteiger partial charge in [-0.3, -0.25) is 4.79 Å². The number of halogens is 1. The van der Waals surface area contributed by atoms with Crippen molar-refractivity contribution in [1.29, 1.82) is 0 Å². The summed E-state index contributed by atoms with van der Waals surface area (Å²) in [5, 5.41) is 0.395. The van der Waals surface area contributed by atoms with Gasteiger partial charge in [0.1, 0.15) is 11.9 Å². The zero-order valence-electron chi connectivity index (χ0n) is 8.70. The molecule has 0 aliphatic rings. The zero-order chi connectivity index (χ0) is 11.3. The number of methoxy groups -OCH3 is 1. The van der Waals surface area contributed by atoms with Crippen molar-refractivity contribution in [3.8, 4) is 5.75 Å². The van der Waals surface area contributed by atoms with Crippen LogP contribution in [0.3, 0.4) is 0 Å². The van der Waals surface area contributed by atoms with E-state index < -0.39 is 0 Å². The molecule has 0 heterocycles. The average Bonchev–Trinajstić information content (AvgIpc) is 2.18. The number of ether oxygens (including phenoxy) is 2. The molecule has 0 bridgehead atoms. The van der Waals surface area contributed by atoms with Crippen molar-refractivity contribution in [2.45, 2.75) is 13.0 Å². The Balaban J connectivity index is 2.84. The van der Waals surface area contributed by atoms with Gasteiger partial charge in [0.15, 0.2) is 6.29 Å². The molecule has 1 aromatic carbocycles. The summed E-state index contributed by atoms with van der Waals surface area (Å²) >= 11 is 5.85. The fourth-order valence-electron chi connectivity index (χ4n) is 1.22. The van der Waals surface area contributed by atoms with Crippen molar-refractivity contribution in [2.75, 3.05) is 13.7 Å². The van der Waals surface area contributed by atoms with E-state index in [0.717, 1.165) is 0 Å². The van der Waals surface area contributed by atoms with Crippen LogP contribution in [-0.4, -0.2) is 26.1 Å². The molecule has 1 unspecified atom stereocenters. The highest BCUT2D eigenvalue weighted by atomic mass is 35.5. The molecule has 0 saturated heterocycles. The predicted octanol–water partition coefficient (Wildman–Crippen LogP) is 2.57. The predicted molar refractivity (Wildman–Crippen MR) is 58.8 cm³/mol. The van der Waals surface area contributed by atoms with Crippen LogP contribution in [0.5, 0.6) is 5.75 Å². The van der Waals surface area contributed by atoms with Gasteiger partial charge in [-0.1, -0.05) is 17.7 Å². The first-order valence-corrected chi connectivity index (χ1v) is 4.96. The minimum absolute atomic E-state index is 0.118. The maximum atomic E-state index is 10.8. The number of carbonyl (C=O) groups is 1. The maximum Gasteiger partial charge on any atom is 0.155 e. The Labute approximate surface area is 93.9 Å². The van der Waals surface area contributed by atoms with Crippen molar-refractivity contribution >= 4 is 17.9 Å². The molecular formula is C11H13ClO3. The van der Waals surface area contributed by atoms with Crippen LogP contribution in [-0.2, 0) is 4.74 Å². The van der Waals surface area contributed by atoms with E-state index in [0.29, 0.717) is 29.2 Å². The van der Waals surface area contributed by atoms with E-state index in [-0.39, 0.29) is 6.10 Å². The largest absolute Gasteiger partial charge is 0.488 e. The van der Waals surface area contributed by atoms with Crippen molar-refractivity contribution in [3.05, 3.63) is 28.8 Å². The summed E-state index contributed by atoms with van der Waals surface area (Å²) in [7, 11) is 1.60. The number of hydrogen-bond donors (Lipinski definition) is 0. The van der Waals surface area contributed by atoms with E-state index in [9.17, 15) is 4.79 Å². The standard InChI is InChI=1S/C11H13ClO3/c1-8(7-14-2)15-11-5-3-4-10(12)9(11)6-13/h3-6,8H,7H2,1-2H3. The highest BCUT2D eigenvalue weighted by molar-refractivity contribution is 6.33. The second-order valence-corrected chi connectivity index (χ2v) is 3.56. The smallest absolute Gasteiger partial charge is 0.155 e. The zero-order valence-corrected chi connectivity index (χ0v) is 9.45. The summed E-state index contributed by atoms with van der Waals surface area (Å²) in [4.78, 5) is 10.8. The summed E-state index contributed by atoms with van der Waals surface area (Å²) in [6.07, 6.45) is 0.573. The van der Waals surface area contributed by atoms with Gasteiger partial charge in [0, 0.05) is 7.11 Å². The lowest BCUT2D eigenvalue weighted by molar-refractivity contribution is 0.0905. The fourth-order valence-corrected chi connectivity index (χ4v) is 1.43. The lowest BCUT2D eigenvalue weighted by Crippen LogP contribution is -2.18. The third-order valence-corrected chi connectivity index (χ3v) is 2.19. The SMILES string of the molecule is COCC(C)Oc1cccc(Cl)c1C=O. The Kier molecular flexibility index (Phi) is 4.59. The molecule has 0 spiro atoms. The molecule has 0 aliphatic carbocycles. The molecule has 0 fully saturated rings. The molecule has 15 heavy (non-hydrogen) atoms. The quantitative estimate of drug-likeness (QED) is 0.727. The van der Waals surface area contributed by atoms with E-state index in [1.807, 2.05) is 6.92 Å². The maximum absolute atomic E-state index is 10.8. The van der Waals surface area contributed by atoms with Gasteiger partial charge in [-0.2, -0.15) is 0 Å². The Morgan fingerprint density at radius 1 is 1.53 bits per heavy atom. The van der Waals surface area contributed by atoms with Gasteiger partial charge < -0.3 is 9.47 Å². The van der Waals surface area contributed by atoms with Crippen LogP contribution in [0.25, 0.3) is 0 Å². The molecule has 0 amide bonds. The summed E-state index contributed by atoms with van der Waals surface area (Å²) in [6.45, 7) is 2.32. The van der Waals surface area contributed by atoms with Gasteiger partial charge in [0.05, 0.1) is 17.2 Å². The summed E-state index contributed by atoms with van der Waals surface area (Å²) in [5.41, 5.74) is 0.377. The highest BCUT2D eigenvalue weighted by Crippen LogP contribution is 2.25. The number of carbonyl (C=O) groups excluding carboxylic acids is 1. The van der Waals surface area contributed by atoms with Crippen LogP contribution >= 0.6 is 11.6 Å². The van der Waals surface area contributed by atoms with Gasteiger partial charge >= 0.3 is 0 Å². The number of rotatable bonds is 5. The second kappa shape index (κ2) is 5.73. The van der Waals surface area contributed by atoms with Gasteiger partial charge in [0.2, 0.25) is 0 Å². The van der Waals surface area contributed by atoms with E-state index in [4.69, 9.17) is 21.1 Å². The normalized spacial score (nSPS) is 12.2. The number of aldehydes is 1. The Bertz CT molecular complexity index is 339. The minimum atomic E-state index is -0.118. The van der Waals surface area contributed by atoms with Crippen LogP contribution in [0.1, 0.15) is 17.3 Å². The van der Waals surface area contributed by atoms with Crippen LogP contribution in [0, 0.1) is 0 Å². The summed E-state index contributed by atoms with van der Waals surface area (Å²) in [6, 6.07) is 5.10. The van der Waals surface area contributed by atoms with Crippen molar-refractivity contribution in [2.24, 2.45) is 0 Å². The number of benzene rings is 1. The van der Waals surface area contributed by atoms with E-state index in [1.165, 1.54) is 0 Å². The molecule has 82 valence electrons. The molecule has 0 aliphatic heterocycles. The van der Waals surface area contributed by atoms with Gasteiger partial charge in [-0.15, -0.1) is 0 Å². The third-order valence-electron chi connectivity index (χ3n) is 1.86. The number of hydrogen-bond acceptors (Lipinski definition) is 3. The first-order valence-electron chi connectivity index (χ1n) is 4.58. The Hall–Kier alpha value is -1.06. The molecular weight excluding hydrogens is 216 g/mol. The minimum Gasteiger partial charge on any atom is -0.488 e. The highest BCUT2D eigenvalue weighted by Gasteiger charge is 2.10. The molecule has 0 radical (unpaired) electrons. The second-order valence-electron chi connectivity index (χ2n) is 3.15. The van der Waals surface area contributed by atoms with Gasteiger partial charge in [0.25, 0.3) is 0 Å². The van der Waals surface area contributed by atoms with Crippen LogP contribution in [0.2, 0.25) is 5.02 Å². The molecule has 3 nitrogen and oxygen atoms in total. The fraction of sp³-hybridized carbons (Fsp3) is 0.364. The van der Waals surface area contributed by atoms with Crippen LogP contribution in [0.4, 0.5) is 0 Å². The molecule has 4 heteroatoms. The lowest BCUT2D eigenvalue weighted by Gasteiger charge is -2.15. The Morgan fingerprint density at radius 2 is 2.27 bits per heavy atom. The van der Waals surface area contributed by atoms with E-state index >= 15 is 0 Å². The monoisotopic (exact) mass is 228 g/mol. The van der Waals surface area contributed by atoms with Crippen molar-refractivity contribution in [1.82, 2.24) is 0 Å². The topological polar surface area (TPSA) is 35.5 Å².